The third-order valence-electron chi connectivity index (χ3n) is 4.92. The van der Waals surface area contributed by atoms with Crippen LogP contribution in [0.3, 0.4) is 0 Å². The minimum Gasteiger partial charge on any atom is -0.305 e. The van der Waals surface area contributed by atoms with Gasteiger partial charge in [-0.3, -0.25) is 4.79 Å². The zero-order valence-corrected chi connectivity index (χ0v) is 12.0. The Morgan fingerprint density at radius 3 is 2.86 bits per heavy atom. The van der Waals surface area contributed by atoms with E-state index in [4.69, 9.17) is 0 Å². The van der Waals surface area contributed by atoms with E-state index >= 15 is 0 Å². The minimum atomic E-state index is 0.0839. The van der Waals surface area contributed by atoms with Crippen molar-refractivity contribution in [2.75, 3.05) is 0 Å². The van der Waals surface area contributed by atoms with Crippen molar-refractivity contribution in [1.82, 2.24) is 14.8 Å². The minimum absolute atomic E-state index is 0.0839. The van der Waals surface area contributed by atoms with E-state index in [1.807, 2.05) is 12.1 Å². The second-order valence-corrected chi connectivity index (χ2v) is 6.17. The first-order valence-electron chi connectivity index (χ1n) is 7.86. The van der Waals surface area contributed by atoms with Gasteiger partial charge in [0.05, 0.1) is 6.04 Å². The molecule has 1 atom stereocenters. The molecular weight excluding hydrogens is 262 g/mol. The fourth-order valence-corrected chi connectivity index (χ4v) is 3.79. The molecule has 108 valence electrons. The second kappa shape index (κ2) is 5.10. The first-order valence-corrected chi connectivity index (χ1v) is 7.86. The molecule has 0 bridgehead atoms. The molecule has 2 aromatic rings. The first kappa shape index (κ1) is 12.7. The maximum absolute atomic E-state index is 12.6. The summed E-state index contributed by atoms with van der Waals surface area (Å²) in [7, 11) is 0. The van der Waals surface area contributed by atoms with Crippen molar-refractivity contribution >= 4 is 5.78 Å². The maximum atomic E-state index is 12.6. The van der Waals surface area contributed by atoms with Crippen LogP contribution in [0.4, 0.5) is 0 Å². The topological polar surface area (TPSA) is 47.8 Å². The number of aromatic nitrogens is 3. The molecule has 4 nitrogen and oxygen atoms in total. The van der Waals surface area contributed by atoms with Crippen LogP contribution in [0.2, 0.25) is 0 Å². The fraction of sp³-hybridized carbons (Fsp3) is 0.471. The Kier molecular flexibility index (Phi) is 3.09. The number of carbonyl (C=O) groups is 1. The monoisotopic (exact) mass is 281 g/mol. The highest BCUT2D eigenvalue weighted by Gasteiger charge is 2.33. The molecule has 1 saturated carbocycles. The predicted molar refractivity (Wildman–Crippen MR) is 79.8 cm³/mol. The van der Waals surface area contributed by atoms with Crippen LogP contribution in [0.1, 0.15) is 50.1 Å². The van der Waals surface area contributed by atoms with Crippen LogP contribution < -0.4 is 0 Å². The number of hydrogen-bond donors (Lipinski definition) is 0. The quantitative estimate of drug-likeness (QED) is 0.866. The summed E-state index contributed by atoms with van der Waals surface area (Å²) in [5, 5.41) is 8.22. The SMILES string of the molecule is O=C(CC1c2ccccc2-c2nncn21)C1CCCCC1. The van der Waals surface area contributed by atoms with Gasteiger partial charge in [0, 0.05) is 17.9 Å². The summed E-state index contributed by atoms with van der Waals surface area (Å²) < 4.78 is 2.06. The Balaban J connectivity index is 1.62. The van der Waals surface area contributed by atoms with E-state index in [9.17, 15) is 4.79 Å². The summed E-state index contributed by atoms with van der Waals surface area (Å²) in [6.07, 6.45) is 8.17. The Bertz CT molecular complexity index is 670. The number of rotatable bonds is 3. The van der Waals surface area contributed by atoms with Gasteiger partial charge >= 0.3 is 0 Å². The number of ketones is 1. The van der Waals surface area contributed by atoms with Crippen LogP contribution in [-0.4, -0.2) is 20.5 Å². The Morgan fingerprint density at radius 1 is 1.19 bits per heavy atom. The van der Waals surface area contributed by atoms with Crippen molar-refractivity contribution in [3.8, 4) is 11.4 Å². The summed E-state index contributed by atoms with van der Waals surface area (Å²) in [6.45, 7) is 0. The third-order valence-corrected chi connectivity index (χ3v) is 4.92. The zero-order valence-electron chi connectivity index (χ0n) is 12.0. The van der Waals surface area contributed by atoms with Crippen LogP contribution >= 0.6 is 0 Å². The molecule has 0 amide bonds. The molecule has 1 unspecified atom stereocenters. The van der Waals surface area contributed by atoms with E-state index in [1.54, 1.807) is 6.33 Å². The molecular formula is C17H19N3O. The lowest BCUT2D eigenvalue weighted by atomic mass is 9.83. The molecule has 2 aliphatic rings. The van der Waals surface area contributed by atoms with Crippen molar-refractivity contribution in [1.29, 1.82) is 0 Å². The van der Waals surface area contributed by atoms with E-state index in [0.717, 1.165) is 24.2 Å². The molecule has 1 aliphatic heterocycles. The molecule has 4 rings (SSSR count). The van der Waals surface area contributed by atoms with Gasteiger partial charge in [-0.25, -0.2) is 0 Å². The molecule has 4 heteroatoms. The third kappa shape index (κ3) is 2.09. The normalized spacial score (nSPS) is 21.0. The van der Waals surface area contributed by atoms with Gasteiger partial charge in [-0.05, 0) is 18.4 Å². The number of hydrogen-bond acceptors (Lipinski definition) is 3. The van der Waals surface area contributed by atoms with Crippen molar-refractivity contribution in [3.05, 3.63) is 36.2 Å². The Hall–Kier alpha value is -1.97. The van der Waals surface area contributed by atoms with Crippen LogP contribution in [-0.2, 0) is 4.79 Å². The number of carbonyl (C=O) groups excluding carboxylic acids is 1. The molecule has 0 spiro atoms. The van der Waals surface area contributed by atoms with Crippen LogP contribution in [0.25, 0.3) is 11.4 Å². The van der Waals surface area contributed by atoms with E-state index < -0.39 is 0 Å². The molecule has 1 fully saturated rings. The van der Waals surface area contributed by atoms with Crippen molar-refractivity contribution in [2.24, 2.45) is 5.92 Å². The number of Topliss-reactive ketones (excluding diaryl/α,β-unsaturated/α-hetero) is 1. The lowest BCUT2D eigenvalue weighted by molar-refractivity contribution is -0.124. The van der Waals surface area contributed by atoms with Crippen LogP contribution in [0.5, 0.6) is 0 Å². The van der Waals surface area contributed by atoms with E-state index in [1.165, 1.54) is 24.8 Å². The highest BCUT2D eigenvalue weighted by molar-refractivity contribution is 5.83. The summed E-state index contributed by atoms with van der Waals surface area (Å²) in [5.74, 6) is 1.58. The van der Waals surface area contributed by atoms with Crippen molar-refractivity contribution in [3.63, 3.8) is 0 Å². The summed E-state index contributed by atoms with van der Waals surface area (Å²) in [6, 6.07) is 8.32. The maximum Gasteiger partial charge on any atom is 0.164 e. The average molecular weight is 281 g/mol. The summed E-state index contributed by atoms with van der Waals surface area (Å²) >= 11 is 0. The molecule has 1 aliphatic carbocycles. The molecule has 0 N–H and O–H groups in total. The molecule has 2 heterocycles. The average Bonchev–Trinajstić information content (AvgIpc) is 3.11. The van der Waals surface area contributed by atoms with Crippen molar-refractivity contribution < 1.29 is 4.79 Å². The number of benzene rings is 1. The van der Waals surface area contributed by atoms with E-state index in [0.29, 0.717) is 12.2 Å². The number of fused-ring (bicyclic) bond motifs is 3. The predicted octanol–water partition coefficient (Wildman–Crippen LogP) is 3.39. The zero-order chi connectivity index (χ0) is 14.2. The van der Waals surface area contributed by atoms with Gasteiger partial charge in [0.2, 0.25) is 0 Å². The molecule has 1 aromatic heterocycles. The number of nitrogens with zero attached hydrogens (tertiary/aromatic N) is 3. The second-order valence-electron chi connectivity index (χ2n) is 6.17. The van der Waals surface area contributed by atoms with Gasteiger partial charge in [0.25, 0.3) is 0 Å². The van der Waals surface area contributed by atoms with Gasteiger partial charge in [0.1, 0.15) is 12.1 Å². The van der Waals surface area contributed by atoms with Gasteiger partial charge < -0.3 is 4.57 Å². The standard InChI is InChI=1S/C17H19N3O/c21-16(12-6-2-1-3-7-12)10-15-13-8-4-5-9-14(13)17-19-18-11-20(15)17/h4-5,8-9,11-12,15H,1-3,6-7,10H2. The Labute approximate surface area is 124 Å². The van der Waals surface area contributed by atoms with Gasteiger partial charge in [0.15, 0.2) is 5.82 Å². The fourth-order valence-electron chi connectivity index (χ4n) is 3.79. The Morgan fingerprint density at radius 2 is 2.00 bits per heavy atom. The smallest absolute Gasteiger partial charge is 0.164 e. The van der Waals surface area contributed by atoms with Crippen molar-refractivity contribution in [2.45, 2.75) is 44.6 Å². The van der Waals surface area contributed by atoms with Gasteiger partial charge in [-0.15, -0.1) is 10.2 Å². The highest BCUT2D eigenvalue weighted by Crippen LogP contribution is 2.40. The van der Waals surface area contributed by atoms with Gasteiger partial charge in [-0.1, -0.05) is 43.5 Å². The lowest BCUT2D eigenvalue weighted by Crippen LogP contribution is -2.21. The lowest BCUT2D eigenvalue weighted by Gasteiger charge is -2.22. The highest BCUT2D eigenvalue weighted by atomic mass is 16.1. The largest absolute Gasteiger partial charge is 0.305 e. The van der Waals surface area contributed by atoms with Crippen LogP contribution in [0, 0.1) is 5.92 Å². The molecule has 0 saturated heterocycles. The molecule has 0 radical (unpaired) electrons. The summed E-state index contributed by atoms with van der Waals surface area (Å²) in [5.41, 5.74) is 2.34. The van der Waals surface area contributed by atoms with E-state index in [2.05, 4.69) is 26.9 Å². The first-order chi connectivity index (χ1) is 10.3. The molecule has 1 aromatic carbocycles. The van der Waals surface area contributed by atoms with E-state index in [-0.39, 0.29) is 12.0 Å². The van der Waals surface area contributed by atoms with Crippen LogP contribution in [0.15, 0.2) is 30.6 Å². The molecule has 21 heavy (non-hydrogen) atoms. The summed E-state index contributed by atoms with van der Waals surface area (Å²) in [4.78, 5) is 12.6. The van der Waals surface area contributed by atoms with Gasteiger partial charge in [-0.2, -0.15) is 0 Å².